The number of benzene rings is 1. The normalized spacial score (nSPS) is 14.7. The van der Waals surface area contributed by atoms with Gasteiger partial charge in [0.2, 0.25) is 5.95 Å². The smallest absolute Gasteiger partial charge is 0.223 e. The second-order valence-corrected chi connectivity index (χ2v) is 7.59. The number of aryl methyl sites for hydroxylation is 1. The van der Waals surface area contributed by atoms with Crippen molar-refractivity contribution in [3.63, 3.8) is 0 Å². The maximum Gasteiger partial charge on any atom is 0.223 e. The molecule has 4 aromatic rings. The van der Waals surface area contributed by atoms with Crippen LogP contribution in [0, 0.1) is 6.92 Å². The van der Waals surface area contributed by atoms with Crippen LogP contribution in [0.15, 0.2) is 36.8 Å². The maximum atomic E-state index is 5.91. The Balaban J connectivity index is 1.52. The van der Waals surface area contributed by atoms with Gasteiger partial charge in [0.1, 0.15) is 11.6 Å². The van der Waals surface area contributed by atoms with Gasteiger partial charge in [0.15, 0.2) is 5.82 Å². The van der Waals surface area contributed by atoms with Crippen molar-refractivity contribution in [2.75, 3.05) is 37.2 Å². The SMILES string of the molecule is Cc1nc(N)nc(-c2cc(CN3CCNCC3)cnc2Nc2ccc3[nH]cnc3c2)n1. The molecule has 1 saturated heterocycles. The summed E-state index contributed by atoms with van der Waals surface area (Å²) in [4.78, 5) is 27.5. The van der Waals surface area contributed by atoms with E-state index in [9.17, 15) is 0 Å². The molecule has 4 heterocycles. The van der Waals surface area contributed by atoms with Crippen LogP contribution in [0.4, 0.5) is 17.5 Å². The topological polar surface area (TPSA) is 134 Å². The highest BCUT2D eigenvalue weighted by atomic mass is 15.2. The molecule has 0 aliphatic carbocycles. The van der Waals surface area contributed by atoms with Gasteiger partial charge in [-0.2, -0.15) is 9.97 Å². The zero-order chi connectivity index (χ0) is 21.2. The number of pyridine rings is 1. The zero-order valence-corrected chi connectivity index (χ0v) is 17.3. The van der Waals surface area contributed by atoms with E-state index < -0.39 is 0 Å². The second kappa shape index (κ2) is 8.25. The number of imidazole rings is 1. The van der Waals surface area contributed by atoms with Crippen molar-refractivity contribution >= 4 is 28.5 Å². The number of piperazine rings is 1. The van der Waals surface area contributed by atoms with E-state index in [4.69, 9.17) is 10.7 Å². The number of nitrogens with two attached hydrogens (primary N) is 1. The highest BCUT2D eigenvalue weighted by molar-refractivity contribution is 5.82. The van der Waals surface area contributed by atoms with Crippen molar-refractivity contribution < 1.29 is 0 Å². The van der Waals surface area contributed by atoms with Gasteiger partial charge >= 0.3 is 0 Å². The molecule has 0 bridgehead atoms. The number of aromatic nitrogens is 6. The van der Waals surface area contributed by atoms with Gasteiger partial charge in [-0.3, -0.25) is 4.90 Å². The molecule has 0 amide bonds. The first kappa shape index (κ1) is 19.3. The summed E-state index contributed by atoms with van der Waals surface area (Å²) < 4.78 is 0. The summed E-state index contributed by atoms with van der Waals surface area (Å²) in [7, 11) is 0. The van der Waals surface area contributed by atoms with Crippen molar-refractivity contribution in [1.82, 2.24) is 40.1 Å². The minimum Gasteiger partial charge on any atom is -0.368 e. The first-order valence-electron chi connectivity index (χ1n) is 10.2. The van der Waals surface area contributed by atoms with Crippen LogP contribution in [0.2, 0.25) is 0 Å². The van der Waals surface area contributed by atoms with Gasteiger partial charge in [-0.25, -0.2) is 15.0 Å². The number of nitrogens with zero attached hydrogens (tertiary/aromatic N) is 6. The van der Waals surface area contributed by atoms with Crippen LogP contribution < -0.4 is 16.4 Å². The Labute approximate surface area is 179 Å². The third-order valence-electron chi connectivity index (χ3n) is 5.25. The first-order chi connectivity index (χ1) is 15.1. The lowest BCUT2D eigenvalue weighted by Gasteiger charge is -2.27. The van der Waals surface area contributed by atoms with E-state index >= 15 is 0 Å². The number of H-pyrrole nitrogens is 1. The predicted molar refractivity (Wildman–Crippen MR) is 120 cm³/mol. The number of nitrogen functional groups attached to an aromatic ring is 1. The average molecular weight is 416 g/mol. The molecule has 1 aliphatic rings. The molecule has 0 unspecified atom stereocenters. The Hall–Kier alpha value is -3.63. The summed E-state index contributed by atoms with van der Waals surface area (Å²) in [5.74, 6) is 1.92. The van der Waals surface area contributed by atoms with Gasteiger partial charge in [0.25, 0.3) is 0 Å². The van der Waals surface area contributed by atoms with Crippen LogP contribution in [0.1, 0.15) is 11.4 Å². The fourth-order valence-electron chi connectivity index (χ4n) is 3.76. The number of anilines is 3. The van der Waals surface area contributed by atoms with E-state index in [-0.39, 0.29) is 5.95 Å². The van der Waals surface area contributed by atoms with Gasteiger partial charge in [-0.15, -0.1) is 0 Å². The van der Waals surface area contributed by atoms with Crippen LogP contribution in [0.3, 0.4) is 0 Å². The molecule has 1 aliphatic heterocycles. The Morgan fingerprint density at radius 2 is 1.97 bits per heavy atom. The van der Waals surface area contributed by atoms with Gasteiger partial charge in [0.05, 0.1) is 22.9 Å². The van der Waals surface area contributed by atoms with E-state index in [1.165, 1.54) is 0 Å². The minimum absolute atomic E-state index is 0.193. The molecule has 0 spiro atoms. The number of hydrogen-bond acceptors (Lipinski definition) is 9. The number of rotatable bonds is 5. The summed E-state index contributed by atoms with van der Waals surface area (Å²) >= 11 is 0. The quantitative estimate of drug-likeness (QED) is 0.384. The van der Waals surface area contributed by atoms with E-state index in [0.717, 1.165) is 60.6 Å². The molecule has 5 N–H and O–H groups in total. The van der Waals surface area contributed by atoms with Crippen LogP contribution in [-0.4, -0.2) is 61.0 Å². The summed E-state index contributed by atoms with van der Waals surface area (Å²) in [6.07, 6.45) is 3.58. The molecule has 1 aromatic carbocycles. The maximum absolute atomic E-state index is 5.91. The van der Waals surface area contributed by atoms with Gasteiger partial charge in [-0.1, -0.05) is 0 Å². The van der Waals surface area contributed by atoms with Gasteiger partial charge in [-0.05, 0) is 36.8 Å². The molecule has 10 nitrogen and oxygen atoms in total. The summed E-state index contributed by atoms with van der Waals surface area (Å²) in [6.45, 7) is 6.64. The Morgan fingerprint density at radius 1 is 1.10 bits per heavy atom. The molecule has 5 rings (SSSR count). The average Bonchev–Trinajstić information content (AvgIpc) is 3.23. The fraction of sp³-hybridized carbons (Fsp3) is 0.286. The largest absolute Gasteiger partial charge is 0.368 e. The molecule has 10 heteroatoms. The first-order valence-corrected chi connectivity index (χ1v) is 10.2. The van der Waals surface area contributed by atoms with Crippen LogP contribution >= 0.6 is 0 Å². The molecular weight excluding hydrogens is 392 g/mol. The molecule has 3 aromatic heterocycles. The van der Waals surface area contributed by atoms with E-state index in [2.05, 4.69) is 46.5 Å². The van der Waals surface area contributed by atoms with Gasteiger partial charge < -0.3 is 21.4 Å². The molecule has 0 atom stereocenters. The standard InChI is InChI=1S/C21H24N10/c1-13-27-20(30-21(22)28-13)16-8-14(11-31-6-4-23-5-7-31)10-24-19(16)29-15-2-3-17-18(9-15)26-12-25-17/h2-3,8-10,12,23H,4-7,11H2,1H3,(H,24,29)(H,25,26)(H2,22,27,28,30). The lowest BCUT2D eigenvalue weighted by Crippen LogP contribution is -2.42. The number of aromatic amines is 1. The van der Waals surface area contributed by atoms with Crippen molar-refractivity contribution in [3.8, 4) is 11.4 Å². The van der Waals surface area contributed by atoms with Gasteiger partial charge in [0, 0.05) is 44.6 Å². The van der Waals surface area contributed by atoms with E-state index in [1.807, 2.05) is 24.4 Å². The number of fused-ring (bicyclic) bond motifs is 1. The number of hydrogen-bond donors (Lipinski definition) is 4. The molecule has 0 saturated carbocycles. The number of nitrogens with one attached hydrogen (secondary N) is 3. The van der Waals surface area contributed by atoms with Crippen LogP contribution in [0.5, 0.6) is 0 Å². The zero-order valence-electron chi connectivity index (χ0n) is 17.3. The molecule has 1 fully saturated rings. The monoisotopic (exact) mass is 416 g/mol. The van der Waals surface area contributed by atoms with Crippen LogP contribution in [0.25, 0.3) is 22.4 Å². The molecule has 31 heavy (non-hydrogen) atoms. The summed E-state index contributed by atoms with van der Waals surface area (Å²) in [5.41, 5.74) is 10.5. The lowest BCUT2D eigenvalue weighted by molar-refractivity contribution is 0.233. The van der Waals surface area contributed by atoms with Crippen molar-refractivity contribution in [2.24, 2.45) is 0 Å². The molecule has 0 radical (unpaired) electrons. The summed E-state index contributed by atoms with van der Waals surface area (Å²) in [5, 5.41) is 6.77. The Bertz CT molecular complexity index is 1190. The Kier molecular flexibility index (Phi) is 5.14. The molecular formula is C21H24N10. The predicted octanol–water partition coefficient (Wildman–Crippen LogP) is 1.85. The van der Waals surface area contributed by atoms with Crippen molar-refractivity contribution in [2.45, 2.75) is 13.5 Å². The second-order valence-electron chi connectivity index (χ2n) is 7.59. The van der Waals surface area contributed by atoms with E-state index in [0.29, 0.717) is 17.5 Å². The van der Waals surface area contributed by atoms with Crippen LogP contribution in [-0.2, 0) is 6.54 Å². The van der Waals surface area contributed by atoms with E-state index in [1.54, 1.807) is 13.3 Å². The highest BCUT2D eigenvalue weighted by Gasteiger charge is 2.16. The third-order valence-corrected chi connectivity index (χ3v) is 5.25. The Morgan fingerprint density at radius 3 is 2.81 bits per heavy atom. The highest BCUT2D eigenvalue weighted by Crippen LogP contribution is 2.29. The lowest BCUT2D eigenvalue weighted by atomic mass is 10.1. The molecule has 158 valence electrons. The fourth-order valence-corrected chi connectivity index (χ4v) is 3.76. The van der Waals surface area contributed by atoms with Crippen molar-refractivity contribution in [3.05, 3.63) is 48.2 Å². The minimum atomic E-state index is 0.193. The summed E-state index contributed by atoms with van der Waals surface area (Å²) in [6, 6.07) is 8.01. The third kappa shape index (κ3) is 4.30. The van der Waals surface area contributed by atoms with Crippen molar-refractivity contribution in [1.29, 1.82) is 0 Å².